The summed E-state index contributed by atoms with van der Waals surface area (Å²) in [6.45, 7) is 4.92. The molecule has 1 atom stereocenters. The van der Waals surface area contributed by atoms with Gasteiger partial charge in [0, 0.05) is 44.5 Å². The molecule has 2 aromatic rings. The zero-order valence-electron chi connectivity index (χ0n) is 15.9. The number of rotatable bonds is 5. The third kappa shape index (κ3) is 4.14. The van der Waals surface area contributed by atoms with Gasteiger partial charge in [0.05, 0.1) is 25.9 Å². The molecular weight excluding hydrogens is 360 g/mol. The fraction of sp³-hybridized carbons (Fsp3) is 0.474. The van der Waals surface area contributed by atoms with Crippen LogP contribution < -0.4 is 15.1 Å². The Bertz CT molecular complexity index is 810. The second kappa shape index (κ2) is 8.39. The molecule has 2 aliphatic heterocycles. The Hall–Kier alpha value is -2.94. The molecule has 2 fully saturated rings. The highest BCUT2D eigenvalue weighted by Crippen LogP contribution is 2.23. The number of nitrogens with zero attached hydrogens (tertiary/aromatic N) is 5. The minimum Gasteiger partial charge on any atom is -0.465 e. The second-order valence-electron chi connectivity index (χ2n) is 6.83. The molecule has 0 spiro atoms. The summed E-state index contributed by atoms with van der Waals surface area (Å²) in [5.74, 6) is 2.25. The number of methoxy groups -OCH3 is 1. The normalized spacial score (nSPS) is 19.5. The predicted molar refractivity (Wildman–Crippen MR) is 105 cm³/mol. The van der Waals surface area contributed by atoms with E-state index in [0.717, 1.165) is 63.3 Å². The van der Waals surface area contributed by atoms with Crippen LogP contribution in [0, 0.1) is 0 Å². The fourth-order valence-corrected chi connectivity index (χ4v) is 3.49. The Morgan fingerprint density at radius 2 is 1.93 bits per heavy atom. The number of pyridine rings is 1. The molecule has 2 aromatic heterocycles. The van der Waals surface area contributed by atoms with Gasteiger partial charge in [-0.1, -0.05) is 0 Å². The van der Waals surface area contributed by atoms with Crippen LogP contribution in [0.5, 0.6) is 0 Å². The van der Waals surface area contributed by atoms with Crippen molar-refractivity contribution in [2.45, 2.75) is 12.5 Å². The largest absolute Gasteiger partial charge is 0.465 e. The average molecular weight is 384 g/mol. The van der Waals surface area contributed by atoms with Crippen LogP contribution in [0.1, 0.15) is 16.8 Å². The van der Waals surface area contributed by atoms with Gasteiger partial charge in [0.2, 0.25) is 0 Å². The summed E-state index contributed by atoms with van der Waals surface area (Å²) in [5.41, 5.74) is 0.442. The van der Waals surface area contributed by atoms with Gasteiger partial charge in [0.1, 0.15) is 23.8 Å². The van der Waals surface area contributed by atoms with Crippen LogP contribution >= 0.6 is 0 Å². The van der Waals surface area contributed by atoms with Crippen molar-refractivity contribution in [3.63, 3.8) is 0 Å². The molecule has 9 nitrogen and oxygen atoms in total. The molecule has 0 bridgehead atoms. The summed E-state index contributed by atoms with van der Waals surface area (Å²) in [5, 5.41) is 3.43. The van der Waals surface area contributed by atoms with Crippen molar-refractivity contribution in [1.29, 1.82) is 0 Å². The van der Waals surface area contributed by atoms with Gasteiger partial charge in [0.25, 0.3) is 0 Å². The van der Waals surface area contributed by atoms with E-state index in [2.05, 4.69) is 36.1 Å². The lowest BCUT2D eigenvalue weighted by molar-refractivity contribution is 0.0600. The van der Waals surface area contributed by atoms with E-state index in [9.17, 15) is 4.79 Å². The lowest BCUT2D eigenvalue weighted by Crippen LogP contribution is -2.37. The number of nitrogens with one attached hydrogen (secondary N) is 1. The second-order valence-corrected chi connectivity index (χ2v) is 6.83. The standard InChI is InChI=1S/C19H24N6O3/c1-27-19(26)14-2-3-16(20-11-14)23-15-4-5-25(12-15)18-10-17(21-13-22-18)24-6-8-28-9-7-24/h2-3,10-11,13,15H,4-9,12H2,1H3,(H,20,23). The van der Waals surface area contributed by atoms with Crippen molar-refractivity contribution < 1.29 is 14.3 Å². The molecule has 0 radical (unpaired) electrons. The maximum Gasteiger partial charge on any atom is 0.339 e. The number of esters is 1. The van der Waals surface area contributed by atoms with E-state index in [1.807, 2.05) is 0 Å². The smallest absolute Gasteiger partial charge is 0.339 e. The van der Waals surface area contributed by atoms with Crippen LogP contribution in [0.25, 0.3) is 0 Å². The molecule has 4 rings (SSSR count). The maximum absolute atomic E-state index is 11.5. The number of morpholine rings is 1. The van der Waals surface area contributed by atoms with Crippen LogP contribution in [-0.2, 0) is 9.47 Å². The van der Waals surface area contributed by atoms with E-state index in [4.69, 9.17) is 9.47 Å². The highest BCUT2D eigenvalue weighted by Gasteiger charge is 2.25. The molecule has 0 aliphatic carbocycles. The van der Waals surface area contributed by atoms with Crippen LogP contribution in [0.15, 0.2) is 30.7 Å². The van der Waals surface area contributed by atoms with Crippen LogP contribution in [-0.4, -0.2) is 73.5 Å². The zero-order valence-corrected chi connectivity index (χ0v) is 15.9. The van der Waals surface area contributed by atoms with Crippen molar-refractivity contribution in [3.05, 3.63) is 36.3 Å². The average Bonchev–Trinajstić information content (AvgIpc) is 3.23. The van der Waals surface area contributed by atoms with Crippen molar-refractivity contribution in [1.82, 2.24) is 15.0 Å². The van der Waals surface area contributed by atoms with Crippen molar-refractivity contribution in [3.8, 4) is 0 Å². The minimum absolute atomic E-state index is 0.262. The van der Waals surface area contributed by atoms with Gasteiger partial charge in [-0.2, -0.15) is 0 Å². The number of carbonyl (C=O) groups is 1. The first-order chi connectivity index (χ1) is 13.7. The first-order valence-electron chi connectivity index (χ1n) is 9.43. The van der Waals surface area contributed by atoms with Crippen molar-refractivity contribution in [2.24, 2.45) is 0 Å². The summed E-state index contributed by atoms with van der Waals surface area (Å²) in [4.78, 5) is 29.2. The molecule has 1 N–H and O–H groups in total. The quantitative estimate of drug-likeness (QED) is 0.763. The van der Waals surface area contributed by atoms with E-state index in [0.29, 0.717) is 5.56 Å². The van der Waals surface area contributed by atoms with Gasteiger partial charge in [-0.05, 0) is 18.6 Å². The highest BCUT2D eigenvalue weighted by molar-refractivity contribution is 5.89. The molecule has 0 saturated carbocycles. The van der Waals surface area contributed by atoms with Crippen molar-refractivity contribution in [2.75, 3.05) is 61.6 Å². The van der Waals surface area contributed by atoms with Gasteiger partial charge in [0.15, 0.2) is 0 Å². The molecule has 9 heteroatoms. The van der Waals surface area contributed by atoms with Gasteiger partial charge in [-0.3, -0.25) is 0 Å². The summed E-state index contributed by atoms with van der Waals surface area (Å²) < 4.78 is 10.1. The number of hydrogen-bond acceptors (Lipinski definition) is 9. The Labute approximate surface area is 163 Å². The van der Waals surface area contributed by atoms with Crippen LogP contribution in [0.2, 0.25) is 0 Å². The van der Waals surface area contributed by atoms with E-state index in [1.54, 1.807) is 18.5 Å². The molecule has 2 aliphatic rings. The van der Waals surface area contributed by atoms with Gasteiger partial charge in [-0.15, -0.1) is 0 Å². The zero-order chi connectivity index (χ0) is 19.3. The van der Waals surface area contributed by atoms with Crippen LogP contribution in [0.3, 0.4) is 0 Å². The number of hydrogen-bond donors (Lipinski definition) is 1. The molecule has 148 valence electrons. The molecule has 0 amide bonds. The van der Waals surface area contributed by atoms with Gasteiger partial charge >= 0.3 is 5.97 Å². The topological polar surface area (TPSA) is 92.7 Å². The first-order valence-corrected chi connectivity index (χ1v) is 9.43. The Morgan fingerprint density at radius 3 is 2.64 bits per heavy atom. The molecule has 2 saturated heterocycles. The molecule has 0 aromatic carbocycles. The van der Waals surface area contributed by atoms with Gasteiger partial charge in [-0.25, -0.2) is 19.7 Å². The van der Waals surface area contributed by atoms with E-state index in [-0.39, 0.29) is 12.0 Å². The summed E-state index contributed by atoms with van der Waals surface area (Å²) in [7, 11) is 1.36. The molecule has 1 unspecified atom stereocenters. The van der Waals surface area contributed by atoms with Crippen molar-refractivity contribution >= 4 is 23.4 Å². The third-order valence-electron chi connectivity index (χ3n) is 5.02. The molecule has 28 heavy (non-hydrogen) atoms. The third-order valence-corrected chi connectivity index (χ3v) is 5.02. The number of anilines is 3. The SMILES string of the molecule is COC(=O)c1ccc(NC2CCN(c3cc(N4CCOCC4)ncn3)C2)nc1. The van der Waals surface area contributed by atoms with E-state index >= 15 is 0 Å². The highest BCUT2D eigenvalue weighted by atomic mass is 16.5. The Kier molecular flexibility index (Phi) is 5.52. The molecular formula is C19H24N6O3. The number of ether oxygens (including phenoxy) is 2. The summed E-state index contributed by atoms with van der Waals surface area (Å²) in [6, 6.07) is 5.83. The Balaban J connectivity index is 1.37. The first kappa shape index (κ1) is 18.4. The van der Waals surface area contributed by atoms with Crippen LogP contribution in [0.4, 0.5) is 17.5 Å². The summed E-state index contributed by atoms with van der Waals surface area (Å²) >= 11 is 0. The maximum atomic E-state index is 11.5. The number of carbonyl (C=O) groups excluding carboxylic acids is 1. The Morgan fingerprint density at radius 1 is 1.14 bits per heavy atom. The fourth-order valence-electron chi connectivity index (χ4n) is 3.49. The predicted octanol–water partition coefficient (Wildman–Crippen LogP) is 1.19. The van der Waals surface area contributed by atoms with E-state index < -0.39 is 0 Å². The lowest BCUT2D eigenvalue weighted by Gasteiger charge is -2.28. The minimum atomic E-state index is -0.383. The monoisotopic (exact) mass is 384 g/mol. The summed E-state index contributed by atoms with van der Waals surface area (Å²) in [6.07, 6.45) is 4.14. The number of aromatic nitrogens is 3. The van der Waals surface area contributed by atoms with E-state index in [1.165, 1.54) is 13.3 Å². The van der Waals surface area contributed by atoms with Gasteiger partial charge < -0.3 is 24.6 Å². The lowest BCUT2D eigenvalue weighted by atomic mass is 10.2. The molecule has 4 heterocycles.